The molecule has 0 bridgehead atoms. The predicted octanol–water partition coefficient (Wildman–Crippen LogP) is 1.94. The largest absolute Gasteiger partial charge is 0.492 e. The molecule has 2 heterocycles. The van der Waals surface area contributed by atoms with E-state index in [9.17, 15) is 8.42 Å². The van der Waals surface area contributed by atoms with Crippen LogP contribution >= 0.6 is 0 Å². The van der Waals surface area contributed by atoms with Crippen LogP contribution in [-0.4, -0.2) is 36.3 Å². The van der Waals surface area contributed by atoms with E-state index in [0.717, 1.165) is 16.6 Å². The van der Waals surface area contributed by atoms with Gasteiger partial charge >= 0.3 is 0 Å². The molecule has 0 saturated heterocycles. The van der Waals surface area contributed by atoms with Gasteiger partial charge in [-0.25, -0.2) is 18.1 Å². The van der Waals surface area contributed by atoms with Crippen molar-refractivity contribution in [3.8, 4) is 5.75 Å². The quantitative estimate of drug-likeness (QED) is 0.679. The summed E-state index contributed by atoms with van der Waals surface area (Å²) in [6.45, 7) is 4.22. The van der Waals surface area contributed by atoms with E-state index in [-0.39, 0.29) is 18.0 Å². The predicted molar refractivity (Wildman–Crippen MR) is 95.1 cm³/mol. The maximum Gasteiger partial charge on any atom is 0.242 e. The first-order valence-electron chi connectivity index (χ1n) is 7.85. The Labute approximate surface area is 146 Å². The Morgan fingerprint density at radius 2 is 1.92 bits per heavy atom. The highest BCUT2D eigenvalue weighted by Crippen LogP contribution is 2.19. The average Bonchev–Trinajstić information content (AvgIpc) is 2.87. The lowest BCUT2D eigenvalue weighted by Gasteiger charge is -2.09. The maximum atomic E-state index is 12.4. The van der Waals surface area contributed by atoms with E-state index in [1.165, 1.54) is 6.20 Å². The summed E-state index contributed by atoms with van der Waals surface area (Å²) in [6.07, 6.45) is 1.34. The van der Waals surface area contributed by atoms with Crippen LogP contribution in [0.1, 0.15) is 11.3 Å². The van der Waals surface area contributed by atoms with Crippen LogP contribution in [0, 0.1) is 13.8 Å². The monoisotopic (exact) mass is 360 g/mol. The summed E-state index contributed by atoms with van der Waals surface area (Å²) >= 11 is 0. The zero-order chi connectivity index (χ0) is 18.0. The number of aromatic nitrogens is 3. The normalized spacial score (nSPS) is 11.8. The Balaban J connectivity index is 1.65. The molecular formula is C17H20N4O3S. The molecule has 8 heteroatoms. The molecule has 7 nitrogen and oxygen atoms in total. The average molecular weight is 360 g/mol. The number of hydrogen-bond donors (Lipinski definition) is 1. The van der Waals surface area contributed by atoms with Crippen molar-refractivity contribution in [1.82, 2.24) is 19.5 Å². The lowest BCUT2D eigenvalue weighted by molar-refractivity contribution is 0.323. The van der Waals surface area contributed by atoms with Crippen LogP contribution in [0.15, 0.2) is 41.4 Å². The van der Waals surface area contributed by atoms with E-state index in [1.54, 1.807) is 17.8 Å². The number of nitrogens with zero attached hydrogens (tertiary/aromatic N) is 3. The number of benzene rings is 1. The number of sulfonamides is 1. The van der Waals surface area contributed by atoms with E-state index >= 15 is 0 Å². The Bertz CT molecular complexity index is 995. The molecule has 0 radical (unpaired) electrons. The number of pyridine rings is 1. The third kappa shape index (κ3) is 3.80. The zero-order valence-electron chi connectivity index (χ0n) is 14.4. The topological polar surface area (TPSA) is 86.1 Å². The fourth-order valence-corrected chi connectivity index (χ4v) is 3.48. The molecule has 1 N–H and O–H groups in total. The Morgan fingerprint density at radius 3 is 2.64 bits per heavy atom. The molecule has 3 aromatic rings. The van der Waals surface area contributed by atoms with E-state index in [1.807, 2.05) is 38.1 Å². The van der Waals surface area contributed by atoms with Gasteiger partial charge in [0.05, 0.1) is 5.69 Å². The minimum absolute atomic E-state index is 0.117. The summed E-state index contributed by atoms with van der Waals surface area (Å²) < 4.78 is 34.5. The van der Waals surface area contributed by atoms with Gasteiger partial charge in [-0.15, -0.1) is 0 Å². The number of rotatable bonds is 6. The number of nitrogens with one attached hydrogen (secondary N) is 1. The molecule has 3 rings (SSSR count). The summed E-state index contributed by atoms with van der Waals surface area (Å²) in [5.74, 6) is 0.707. The van der Waals surface area contributed by atoms with Gasteiger partial charge in [-0.1, -0.05) is 17.7 Å². The van der Waals surface area contributed by atoms with E-state index < -0.39 is 10.0 Å². The first kappa shape index (κ1) is 17.4. The van der Waals surface area contributed by atoms with Gasteiger partial charge in [0.2, 0.25) is 10.0 Å². The van der Waals surface area contributed by atoms with Crippen molar-refractivity contribution in [2.24, 2.45) is 7.05 Å². The van der Waals surface area contributed by atoms with Crippen LogP contribution in [0.5, 0.6) is 5.75 Å². The number of ether oxygens (including phenoxy) is 1. The second-order valence-electron chi connectivity index (χ2n) is 5.81. The molecule has 0 saturated carbocycles. The van der Waals surface area contributed by atoms with Gasteiger partial charge in [-0.05, 0) is 32.0 Å². The van der Waals surface area contributed by atoms with Gasteiger partial charge in [-0.2, -0.15) is 5.10 Å². The first-order valence-corrected chi connectivity index (χ1v) is 9.33. The van der Waals surface area contributed by atoms with Crippen LogP contribution < -0.4 is 9.46 Å². The summed E-state index contributed by atoms with van der Waals surface area (Å²) in [7, 11) is -1.87. The third-order valence-electron chi connectivity index (χ3n) is 3.83. The second kappa shape index (κ2) is 6.81. The van der Waals surface area contributed by atoms with Crippen molar-refractivity contribution < 1.29 is 13.2 Å². The van der Waals surface area contributed by atoms with Crippen molar-refractivity contribution >= 4 is 21.1 Å². The van der Waals surface area contributed by atoms with Crippen molar-refractivity contribution in [3.63, 3.8) is 0 Å². The molecular weight excluding hydrogens is 340 g/mol. The SMILES string of the molecule is Cc1ccc(OCCNS(=O)(=O)c2cnc3c(c2)c(C)nn3C)cc1. The van der Waals surface area contributed by atoms with Gasteiger partial charge < -0.3 is 4.74 Å². The van der Waals surface area contributed by atoms with Crippen LogP contribution in [0.2, 0.25) is 0 Å². The van der Waals surface area contributed by atoms with E-state index in [0.29, 0.717) is 11.4 Å². The zero-order valence-corrected chi connectivity index (χ0v) is 15.2. The summed E-state index contributed by atoms with van der Waals surface area (Å²) in [6, 6.07) is 9.18. The second-order valence-corrected chi connectivity index (χ2v) is 7.58. The van der Waals surface area contributed by atoms with Crippen molar-refractivity contribution in [1.29, 1.82) is 0 Å². The number of hydrogen-bond acceptors (Lipinski definition) is 5. The van der Waals surface area contributed by atoms with E-state index in [4.69, 9.17) is 4.74 Å². The highest BCUT2D eigenvalue weighted by Gasteiger charge is 2.17. The summed E-state index contributed by atoms with van der Waals surface area (Å²) in [5, 5.41) is 4.97. The smallest absolute Gasteiger partial charge is 0.242 e. The standard InChI is InChI=1S/C17H20N4O3S/c1-12-4-6-14(7-5-12)24-9-8-19-25(22,23)15-10-16-13(2)20-21(3)17(16)18-11-15/h4-7,10-11,19H,8-9H2,1-3H3. The molecule has 0 aliphatic carbocycles. The molecule has 0 aliphatic rings. The minimum atomic E-state index is -3.65. The van der Waals surface area contributed by atoms with E-state index in [2.05, 4.69) is 14.8 Å². The molecule has 0 fully saturated rings. The fourth-order valence-electron chi connectivity index (χ4n) is 2.50. The molecule has 1 aromatic carbocycles. The van der Waals surface area contributed by atoms with Crippen LogP contribution in [0.3, 0.4) is 0 Å². The van der Waals surface area contributed by atoms with Gasteiger partial charge in [0.15, 0.2) is 5.65 Å². The number of aryl methyl sites for hydroxylation is 3. The van der Waals surface area contributed by atoms with Crippen LogP contribution in [-0.2, 0) is 17.1 Å². The van der Waals surface area contributed by atoms with Gasteiger partial charge in [0, 0.05) is 25.2 Å². The third-order valence-corrected chi connectivity index (χ3v) is 5.26. The van der Waals surface area contributed by atoms with Gasteiger partial charge in [0.1, 0.15) is 17.3 Å². The molecule has 0 unspecified atom stereocenters. The fraction of sp³-hybridized carbons (Fsp3) is 0.294. The molecule has 0 aliphatic heterocycles. The van der Waals surface area contributed by atoms with Crippen molar-refractivity contribution in [3.05, 3.63) is 47.8 Å². The molecule has 25 heavy (non-hydrogen) atoms. The lowest BCUT2D eigenvalue weighted by atomic mass is 10.2. The molecule has 2 aromatic heterocycles. The first-order chi connectivity index (χ1) is 11.9. The summed E-state index contributed by atoms with van der Waals surface area (Å²) in [4.78, 5) is 4.32. The van der Waals surface area contributed by atoms with Crippen molar-refractivity contribution in [2.75, 3.05) is 13.2 Å². The minimum Gasteiger partial charge on any atom is -0.492 e. The van der Waals surface area contributed by atoms with Crippen molar-refractivity contribution in [2.45, 2.75) is 18.7 Å². The van der Waals surface area contributed by atoms with Crippen LogP contribution in [0.25, 0.3) is 11.0 Å². The maximum absolute atomic E-state index is 12.4. The highest BCUT2D eigenvalue weighted by molar-refractivity contribution is 7.89. The van der Waals surface area contributed by atoms with Crippen LogP contribution in [0.4, 0.5) is 0 Å². The van der Waals surface area contributed by atoms with Gasteiger partial charge in [-0.3, -0.25) is 4.68 Å². The molecule has 0 atom stereocenters. The molecule has 0 amide bonds. The lowest BCUT2D eigenvalue weighted by Crippen LogP contribution is -2.28. The number of fused-ring (bicyclic) bond motifs is 1. The Kier molecular flexibility index (Phi) is 4.73. The molecule has 0 spiro atoms. The highest BCUT2D eigenvalue weighted by atomic mass is 32.2. The Hall–Kier alpha value is -2.45. The summed E-state index contributed by atoms with van der Waals surface area (Å²) in [5.41, 5.74) is 2.53. The Morgan fingerprint density at radius 1 is 1.20 bits per heavy atom. The molecule has 132 valence electrons. The van der Waals surface area contributed by atoms with Gasteiger partial charge in [0.25, 0.3) is 0 Å².